The molecule has 6 heteroatoms. The molecule has 0 unspecified atom stereocenters. The first-order valence-corrected chi connectivity index (χ1v) is 9.91. The molecule has 6 nitrogen and oxygen atoms in total. The number of anilines is 1. The van der Waals surface area contributed by atoms with Crippen LogP contribution in [0.4, 0.5) is 5.69 Å². The van der Waals surface area contributed by atoms with E-state index in [9.17, 15) is 14.4 Å². The van der Waals surface area contributed by atoms with Gasteiger partial charge in [0.25, 0.3) is 11.8 Å². The predicted octanol–water partition coefficient (Wildman–Crippen LogP) is 3.89. The van der Waals surface area contributed by atoms with Crippen molar-refractivity contribution in [2.75, 3.05) is 11.9 Å². The van der Waals surface area contributed by atoms with Gasteiger partial charge in [-0.2, -0.15) is 0 Å². The number of hydrogen-bond acceptors (Lipinski definition) is 4. The summed E-state index contributed by atoms with van der Waals surface area (Å²) in [6.07, 6.45) is 3.01. The number of para-hydroxylation sites is 1. The molecule has 1 aliphatic heterocycles. The first kappa shape index (κ1) is 20.6. The minimum absolute atomic E-state index is 0.141. The van der Waals surface area contributed by atoms with E-state index < -0.39 is 5.97 Å². The Labute approximate surface area is 170 Å². The van der Waals surface area contributed by atoms with Gasteiger partial charge < -0.3 is 15.0 Å². The Balaban J connectivity index is 1.65. The number of benzene rings is 2. The van der Waals surface area contributed by atoms with Crippen LogP contribution in [-0.2, 0) is 9.53 Å². The minimum Gasteiger partial charge on any atom is -0.452 e. The first-order chi connectivity index (χ1) is 14.0. The number of esters is 1. The van der Waals surface area contributed by atoms with E-state index in [1.807, 2.05) is 19.9 Å². The zero-order valence-corrected chi connectivity index (χ0v) is 16.8. The number of hydrogen-bond donors (Lipinski definition) is 1. The molecule has 2 atom stereocenters. The Bertz CT molecular complexity index is 871. The lowest BCUT2D eigenvalue weighted by molar-refractivity contribution is -0.140. The predicted molar refractivity (Wildman–Crippen MR) is 111 cm³/mol. The fraction of sp³-hybridized carbons (Fsp3) is 0.348. The van der Waals surface area contributed by atoms with Crippen LogP contribution in [0.3, 0.4) is 0 Å². The van der Waals surface area contributed by atoms with Crippen LogP contribution in [0.5, 0.6) is 0 Å². The van der Waals surface area contributed by atoms with Gasteiger partial charge in [0.05, 0.1) is 11.3 Å². The summed E-state index contributed by atoms with van der Waals surface area (Å²) in [5.41, 5.74) is 1.04. The maximum Gasteiger partial charge on any atom is 0.340 e. The van der Waals surface area contributed by atoms with E-state index in [2.05, 4.69) is 5.32 Å². The van der Waals surface area contributed by atoms with Gasteiger partial charge in [-0.25, -0.2) is 4.79 Å². The molecule has 1 fully saturated rings. The van der Waals surface area contributed by atoms with Gasteiger partial charge in [0.2, 0.25) is 0 Å². The third kappa shape index (κ3) is 5.02. The summed E-state index contributed by atoms with van der Waals surface area (Å²) < 4.78 is 5.29. The van der Waals surface area contributed by atoms with Gasteiger partial charge >= 0.3 is 5.97 Å². The molecule has 1 saturated heterocycles. The van der Waals surface area contributed by atoms with E-state index in [0.29, 0.717) is 11.3 Å². The average molecular weight is 394 g/mol. The standard InChI is InChI=1S/C23H26N2O4/c1-16-9-8-10-17(2)25(16)21(26)15-29-23(28)19-13-6-7-14-20(19)24-22(27)18-11-4-3-5-12-18/h3-7,11-14,16-17H,8-10,15H2,1-2H3,(H,24,27)/t16-,17-/m0/s1. The van der Waals surface area contributed by atoms with E-state index in [1.165, 1.54) is 0 Å². The van der Waals surface area contributed by atoms with Crippen molar-refractivity contribution in [2.45, 2.75) is 45.2 Å². The molecule has 0 spiro atoms. The number of nitrogens with zero attached hydrogens (tertiary/aromatic N) is 1. The van der Waals surface area contributed by atoms with E-state index in [0.717, 1.165) is 19.3 Å². The molecule has 29 heavy (non-hydrogen) atoms. The molecule has 1 aliphatic rings. The Kier molecular flexibility index (Phi) is 6.65. The normalized spacial score (nSPS) is 18.8. The molecule has 2 amide bonds. The number of carbonyl (C=O) groups is 3. The molecule has 2 aromatic carbocycles. The van der Waals surface area contributed by atoms with Crippen molar-refractivity contribution in [3.8, 4) is 0 Å². The molecule has 0 aliphatic carbocycles. The smallest absolute Gasteiger partial charge is 0.340 e. The van der Waals surface area contributed by atoms with Gasteiger partial charge in [-0.15, -0.1) is 0 Å². The fourth-order valence-corrected chi connectivity index (χ4v) is 3.75. The number of nitrogens with one attached hydrogen (secondary N) is 1. The van der Waals surface area contributed by atoms with Crippen LogP contribution in [0.1, 0.15) is 53.8 Å². The van der Waals surface area contributed by atoms with Crippen molar-refractivity contribution >= 4 is 23.5 Å². The van der Waals surface area contributed by atoms with Crippen LogP contribution in [0.25, 0.3) is 0 Å². The lowest BCUT2D eigenvalue weighted by Gasteiger charge is -2.38. The summed E-state index contributed by atoms with van der Waals surface area (Å²) in [6.45, 7) is 3.72. The highest BCUT2D eigenvalue weighted by atomic mass is 16.5. The molecule has 152 valence electrons. The van der Waals surface area contributed by atoms with Crippen LogP contribution in [0, 0.1) is 0 Å². The summed E-state index contributed by atoms with van der Waals surface area (Å²) in [6, 6.07) is 15.6. The highest BCUT2D eigenvalue weighted by Gasteiger charge is 2.29. The maximum atomic E-state index is 12.6. The summed E-state index contributed by atoms with van der Waals surface area (Å²) in [5, 5.41) is 2.74. The van der Waals surface area contributed by atoms with Crippen molar-refractivity contribution in [2.24, 2.45) is 0 Å². The molecule has 2 aromatic rings. The largest absolute Gasteiger partial charge is 0.452 e. The lowest BCUT2D eigenvalue weighted by Crippen LogP contribution is -2.49. The average Bonchev–Trinajstić information content (AvgIpc) is 2.73. The Morgan fingerprint density at radius 2 is 1.59 bits per heavy atom. The monoisotopic (exact) mass is 394 g/mol. The second-order valence-corrected chi connectivity index (χ2v) is 7.37. The Hall–Kier alpha value is -3.15. The van der Waals surface area contributed by atoms with Gasteiger partial charge in [-0.1, -0.05) is 30.3 Å². The molecule has 0 bridgehead atoms. The van der Waals surface area contributed by atoms with E-state index in [4.69, 9.17) is 4.74 Å². The Morgan fingerprint density at radius 3 is 2.28 bits per heavy atom. The van der Waals surface area contributed by atoms with Crippen LogP contribution in [0.15, 0.2) is 54.6 Å². The van der Waals surface area contributed by atoms with Crippen LogP contribution in [0.2, 0.25) is 0 Å². The van der Waals surface area contributed by atoms with E-state index >= 15 is 0 Å². The van der Waals surface area contributed by atoms with Gasteiger partial charge in [0, 0.05) is 17.6 Å². The van der Waals surface area contributed by atoms with Crippen LogP contribution < -0.4 is 5.32 Å². The Morgan fingerprint density at radius 1 is 0.966 bits per heavy atom. The zero-order valence-electron chi connectivity index (χ0n) is 16.8. The highest BCUT2D eigenvalue weighted by Crippen LogP contribution is 2.23. The lowest BCUT2D eigenvalue weighted by atomic mass is 9.97. The number of piperidine rings is 1. The SMILES string of the molecule is C[C@H]1CCC[C@H](C)N1C(=O)COC(=O)c1ccccc1NC(=O)c1ccccc1. The van der Waals surface area contributed by atoms with E-state index in [1.54, 1.807) is 53.4 Å². The molecule has 1 heterocycles. The number of likely N-dealkylation sites (tertiary alicyclic amines) is 1. The molecule has 3 rings (SSSR count). The quantitative estimate of drug-likeness (QED) is 0.781. The van der Waals surface area contributed by atoms with Crippen molar-refractivity contribution in [3.05, 3.63) is 65.7 Å². The molecular formula is C23H26N2O4. The summed E-state index contributed by atoms with van der Waals surface area (Å²) in [4.78, 5) is 39.4. The van der Waals surface area contributed by atoms with Crippen LogP contribution in [-0.4, -0.2) is 41.4 Å². The number of rotatable bonds is 5. The van der Waals surface area contributed by atoms with Crippen molar-refractivity contribution in [3.63, 3.8) is 0 Å². The number of amides is 2. The summed E-state index contributed by atoms with van der Waals surface area (Å²) >= 11 is 0. The first-order valence-electron chi connectivity index (χ1n) is 9.91. The van der Waals surface area contributed by atoms with Crippen molar-refractivity contribution in [1.29, 1.82) is 0 Å². The maximum absolute atomic E-state index is 12.6. The van der Waals surface area contributed by atoms with Crippen molar-refractivity contribution < 1.29 is 19.1 Å². The van der Waals surface area contributed by atoms with Gasteiger partial charge in [0.1, 0.15) is 0 Å². The topological polar surface area (TPSA) is 75.7 Å². The molecule has 0 saturated carbocycles. The van der Waals surface area contributed by atoms with Gasteiger partial charge in [0.15, 0.2) is 6.61 Å². The summed E-state index contributed by atoms with van der Waals surface area (Å²) in [7, 11) is 0. The molecular weight excluding hydrogens is 368 g/mol. The fourth-order valence-electron chi connectivity index (χ4n) is 3.75. The van der Waals surface area contributed by atoms with E-state index in [-0.39, 0.29) is 36.1 Å². The number of carbonyl (C=O) groups excluding carboxylic acids is 3. The van der Waals surface area contributed by atoms with Gasteiger partial charge in [-0.3, -0.25) is 9.59 Å². The third-order valence-corrected chi connectivity index (χ3v) is 5.24. The summed E-state index contributed by atoms with van der Waals surface area (Å²) in [5.74, 6) is -1.15. The van der Waals surface area contributed by atoms with Gasteiger partial charge in [-0.05, 0) is 57.4 Å². The molecule has 0 aromatic heterocycles. The zero-order chi connectivity index (χ0) is 20.8. The van der Waals surface area contributed by atoms with Crippen molar-refractivity contribution in [1.82, 2.24) is 4.90 Å². The minimum atomic E-state index is -0.639. The second-order valence-electron chi connectivity index (χ2n) is 7.37. The highest BCUT2D eigenvalue weighted by molar-refractivity contribution is 6.08. The third-order valence-electron chi connectivity index (χ3n) is 5.24. The van der Waals surface area contributed by atoms with Crippen LogP contribution >= 0.6 is 0 Å². The second kappa shape index (κ2) is 9.37. The molecule has 0 radical (unpaired) electrons. The number of ether oxygens (including phenoxy) is 1. The molecule has 1 N–H and O–H groups in total.